The third-order valence-corrected chi connectivity index (χ3v) is 1.34. The summed E-state index contributed by atoms with van der Waals surface area (Å²) in [5.74, 6) is 0.569. The average molecular weight is 144 g/mol. The maximum absolute atomic E-state index is 10.5. The lowest BCUT2D eigenvalue weighted by Gasteiger charge is -1.91. The fourth-order valence-corrected chi connectivity index (χ4v) is 0.709. The highest BCUT2D eigenvalue weighted by molar-refractivity contribution is 7.98. The predicted molar refractivity (Wildman–Crippen MR) is 36.8 cm³/mol. The minimum absolute atomic E-state index is 0.202. The molecule has 0 fully saturated rings. The first kappa shape index (κ1) is 8.31. The quantitative estimate of drug-likeness (QED) is 0.459. The van der Waals surface area contributed by atoms with Crippen LogP contribution in [0.5, 0.6) is 0 Å². The number of rotatable bonds is 3. The average Bonchev–Trinajstić information content (AvgIpc) is 1.85. The van der Waals surface area contributed by atoms with Crippen LogP contribution in [0.4, 0.5) is 0 Å². The lowest BCUT2D eigenvalue weighted by molar-refractivity contribution is -0.119. The van der Waals surface area contributed by atoms with E-state index in [0.717, 1.165) is 5.75 Å². The molecule has 0 bridgehead atoms. The number of nitrogens with zero attached hydrogens (tertiary/aromatic N) is 1. The van der Waals surface area contributed by atoms with Gasteiger partial charge >= 0.3 is 0 Å². The second-order valence-electron chi connectivity index (χ2n) is 1.40. The fraction of sp³-hybridized carbons (Fsp3) is 0.600. The summed E-state index contributed by atoms with van der Waals surface area (Å²) in [5, 5.41) is 9.98. The van der Waals surface area contributed by atoms with Gasteiger partial charge < -0.3 is 0 Å². The molecule has 0 spiro atoms. The van der Waals surface area contributed by atoms with Crippen LogP contribution in [0.1, 0.15) is 6.42 Å². The van der Waals surface area contributed by atoms with Crippen LogP contribution in [-0.4, -0.2) is 17.9 Å². The molecule has 0 aromatic rings. The van der Waals surface area contributed by atoms with Crippen LogP contribution in [0.15, 0.2) is 0 Å². The molecular formula is C5H8N2OS. The van der Waals surface area contributed by atoms with Gasteiger partial charge in [0.05, 0.1) is 0 Å². The van der Waals surface area contributed by atoms with Crippen molar-refractivity contribution in [2.75, 3.05) is 12.0 Å². The summed E-state index contributed by atoms with van der Waals surface area (Å²) in [4.78, 5) is 10.5. The van der Waals surface area contributed by atoms with Crippen LogP contribution in [0.3, 0.4) is 0 Å². The third kappa shape index (κ3) is 5.18. The summed E-state index contributed by atoms with van der Waals surface area (Å²) in [5.41, 5.74) is 0. The Balaban J connectivity index is 3.19. The van der Waals surface area contributed by atoms with Crippen LogP contribution >= 0.6 is 11.8 Å². The first-order valence-electron chi connectivity index (χ1n) is 2.48. The molecule has 0 rings (SSSR count). The van der Waals surface area contributed by atoms with Gasteiger partial charge in [-0.05, 0) is 6.26 Å². The normalized spacial score (nSPS) is 8.00. The highest BCUT2D eigenvalue weighted by Crippen LogP contribution is 1.93. The molecule has 3 nitrogen and oxygen atoms in total. The molecule has 0 unspecified atom stereocenters. The van der Waals surface area contributed by atoms with Crippen molar-refractivity contribution in [1.82, 2.24) is 5.32 Å². The molecule has 1 amide bonds. The summed E-state index contributed by atoms with van der Waals surface area (Å²) in [6, 6.07) is 0. The minimum Gasteiger partial charge on any atom is -0.274 e. The predicted octanol–water partition coefficient (Wildman–Crippen LogP) is 0.337. The molecule has 9 heavy (non-hydrogen) atoms. The van der Waals surface area contributed by atoms with Crippen LogP contribution in [0.2, 0.25) is 0 Å². The number of thioether (sulfide) groups is 1. The summed E-state index contributed by atoms with van der Waals surface area (Å²) in [6.07, 6.45) is 3.91. The smallest absolute Gasteiger partial charge is 0.233 e. The largest absolute Gasteiger partial charge is 0.274 e. The summed E-state index contributed by atoms with van der Waals surface area (Å²) in [6.45, 7) is 0. The lowest BCUT2D eigenvalue weighted by atomic mass is 10.5. The summed E-state index contributed by atoms with van der Waals surface area (Å²) < 4.78 is 0. The zero-order valence-corrected chi connectivity index (χ0v) is 5.99. The van der Waals surface area contributed by atoms with Crippen molar-refractivity contribution in [3.05, 3.63) is 0 Å². The van der Waals surface area contributed by atoms with Crippen LogP contribution in [-0.2, 0) is 4.79 Å². The zero-order valence-electron chi connectivity index (χ0n) is 5.18. The van der Waals surface area contributed by atoms with E-state index in [2.05, 4.69) is 0 Å². The summed E-state index contributed by atoms with van der Waals surface area (Å²) in [7, 11) is 0. The topological polar surface area (TPSA) is 52.9 Å². The van der Waals surface area contributed by atoms with Gasteiger partial charge in [-0.25, -0.2) is 0 Å². The number of carbonyl (C=O) groups is 1. The molecule has 0 atom stereocenters. The molecule has 0 aliphatic rings. The highest BCUT2D eigenvalue weighted by atomic mass is 32.2. The van der Waals surface area contributed by atoms with Gasteiger partial charge in [-0.3, -0.25) is 10.1 Å². The van der Waals surface area contributed by atoms with Crippen molar-refractivity contribution in [2.45, 2.75) is 6.42 Å². The van der Waals surface area contributed by atoms with E-state index in [1.165, 1.54) is 0 Å². The number of hydrogen-bond donors (Lipinski definition) is 1. The first-order chi connectivity index (χ1) is 4.31. The van der Waals surface area contributed by atoms with E-state index in [9.17, 15) is 4.79 Å². The van der Waals surface area contributed by atoms with Crippen LogP contribution < -0.4 is 5.32 Å². The Labute approximate surface area is 58.4 Å². The van der Waals surface area contributed by atoms with Crippen LogP contribution in [0.25, 0.3) is 0 Å². The maximum Gasteiger partial charge on any atom is 0.233 e. The fourth-order valence-electron chi connectivity index (χ4n) is 0.320. The number of hydrogen-bond acceptors (Lipinski definition) is 3. The van der Waals surface area contributed by atoms with Crippen molar-refractivity contribution in [3.8, 4) is 6.19 Å². The molecule has 0 radical (unpaired) electrons. The molecule has 0 aromatic carbocycles. The van der Waals surface area contributed by atoms with Gasteiger partial charge in [-0.1, -0.05) is 0 Å². The van der Waals surface area contributed by atoms with Gasteiger partial charge in [-0.2, -0.15) is 17.0 Å². The van der Waals surface area contributed by atoms with Gasteiger partial charge in [-0.15, -0.1) is 0 Å². The van der Waals surface area contributed by atoms with Gasteiger partial charge in [0.1, 0.15) is 0 Å². The summed E-state index contributed by atoms with van der Waals surface area (Å²) >= 11 is 1.59. The second kappa shape index (κ2) is 5.45. The second-order valence-corrected chi connectivity index (χ2v) is 2.39. The first-order valence-corrected chi connectivity index (χ1v) is 3.87. The van der Waals surface area contributed by atoms with Gasteiger partial charge in [0.15, 0.2) is 6.19 Å². The van der Waals surface area contributed by atoms with Crippen molar-refractivity contribution in [1.29, 1.82) is 5.26 Å². The van der Waals surface area contributed by atoms with E-state index in [4.69, 9.17) is 5.26 Å². The Morgan fingerprint density at radius 3 is 3.00 bits per heavy atom. The van der Waals surface area contributed by atoms with E-state index in [-0.39, 0.29) is 5.91 Å². The molecule has 0 aliphatic heterocycles. The highest BCUT2D eigenvalue weighted by Gasteiger charge is 1.95. The Morgan fingerprint density at radius 1 is 1.89 bits per heavy atom. The molecule has 0 saturated heterocycles. The molecule has 50 valence electrons. The Hall–Kier alpha value is -0.690. The maximum atomic E-state index is 10.5. The van der Waals surface area contributed by atoms with Gasteiger partial charge in [0.2, 0.25) is 5.91 Å². The molecule has 0 aliphatic carbocycles. The van der Waals surface area contributed by atoms with Gasteiger partial charge in [0, 0.05) is 12.2 Å². The molecule has 4 heteroatoms. The van der Waals surface area contributed by atoms with Gasteiger partial charge in [0.25, 0.3) is 0 Å². The van der Waals surface area contributed by atoms with Crippen molar-refractivity contribution in [2.24, 2.45) is 0 Å². The molecule has 1 N–H and O–H groups in total. The number of nitriles is 1. The number of nitrogens with one attached hydrogen (secondary N) is 1. The standard InChI is InChI=1S/C5H8N2OS/c1-9-3-2-5(8)7-4-6/h2-3H2,1H3,(H,7,8). The third-order valence-electron chi connectivity index (χ3n) is 0.729. The van der Waals surface area contributed by atoms with E-state index in [0.29, 0.717) is 6.42 Å². The minimum atomic E-state index is -0.202. The lowest BCUT2D eigenvalue weighted by Crippen LogP contribution is -2.17. The van der Waals surface area contributed by atoms with Crippen molar-refractivity contribution < 1.29 is 4.79 Å². The van der Waals surface area contributed by atoms with Crippen molar-refractivity contribution in [3.63, 3.8) is 0 Å². The van der Waals surface area contributed by atoms with E-state index < -0.39 is 0 Å². The van der Waals surface area contributed by atoms with Crippen molar-refractivity contribution >= 4 is 17.7 Å². The molecule has 0 saturated carbocycles. The SMILES string of the molecule is CSCCC(=O)NC#N. The Kier molecular flexibility index (Phi) is 5.03. The Morgan fingerprint density at radius 2 is 2.56 bits per heavy atom. The molecule has 0 heterocycles. The molecular weight excluding hydrogens is 136 g/mol. The monoisotopic (exact) mass is 144 g/mol. The van der Waals surface area contributed by atoms with E-state index >= 15 is 0 Å². The van der Waals surface area contributed by atoms with E-state index in [1.807, 2.05) is 11.6 Å². The molecule has 0 aromatic heterocycles. The Bertz CT molecular complexity index is 129. The van der Waals surface area contributed by atoms with Crippen LogP contribution in [0, 0.1) is 11.5 Å². The number of carbonyl (C=O) groups excluding carboxylic acids is 1. The van der Waals surface area contributed by atoms with E-state index in [1.54, 1.807) is 18.0 Å². The number of amides is 1. The zero-order chi connectivity index (χ0) is 7.11.